The van der Waals surface area contributed by atoms with Gasteiger partial charge in [-0.05, 0) is 24.6 Å². The monoisotopic (exact) mass is 379 g/mol. The van der Waals surface area contributed by atoms with Crippen LogP contribution >= 0.6 is 0 Å². The lowest BCUT2D eigenvalue weighted by Gasteiger charge is -2.19. The molecule has 1 aliphatic rings. The molecule has 0 saturated carbocycles. The van der Waals surface area contributed by atoms with E-state index in [1.807, 2.05) is 12.1 Å². The Morgan fingerprint density at radius 1 is 1.18 bits per heavy atom. The molecule has 0 bridgehead atoms. The van der Waals surface area contributed by atoms with Crippen LogP contribution in [0, 0.1) is 0 Å². The van der Waals surface area contributed by atoms with Crippen LogP contribution in [0.1, 0.15) is 23.5 Å². The molecule has 4 rings (SSSR count). The van der Waals surface area contributed by atoms with E-state index in [1.165, 1.54) is 18.2 Å². The maximum absolute atomic E-state index is 11.6. The third kappa shape index (κ3) is 4.37. The second-order valence-corrected chi connectivity index (χ2v) is 7.12. The number of hydrogen-bond donors (Lipinski definition) is 1. The number of para-hydroxylation sites is 1. The van der Waals surface area contributed by atoms with Crippen molar-refractivity contribution >= 4 is 16.8 Å². The molecule has 1 aromatic carbocycles. The molecule has 0 saturated heterocycles. The Labute approximate surface area is 164 Å². The van der Waals surface area contributed by atoms with Crippen molar-refractivity contribution in [2.75, 3.05) is 20.3 Å². The average Bonchev–Trinajstić information content (AvgIpc) is 2.98. The molecule has 3 heterocycles. The summed E-state index contributed by atoms with van der Waals surface area (Å²) in [5.74, 6) is -0.130. The predicted octanol–water partition coefficient (Wildman–Crippen LogP) is 2.10. The Balaban J connectivity index is 1.42. The van der Waals surface area contributed by atoms with Gasteiger partial charge in [-0.15, -0.1) is 0 Å². The van der Waals surface area contributed by atoms with Gasteiger partial charge in [-0.2, -0.15) is 5.10 Å². The maximum atomic E-state index is 11.6. The van der Waals surface area contributed by atoms with Gasteiger partial charge >= 0.3 is 0 Å². The number of carbonyl (C=O) groups excluding carboxylic acids is 1. The number of rotatable bonds is 6. The number of carbonyl (C=O) groups is 1. The van der Waals surface area contributed by atoms with E-state index in [4.69, 9.17) is 9.72 Å². The summed E-state index contributed by atoms with van der Waals surface area (Å²) in [5.41, 5.74) is 4.17. The minimum absolute atomic E-state index is 0.0695. The highest BCUT2D eigenvalue weighted by atomic mass is 16.5. The van der Waals surface area contributed by atoms with Crippen molar-refractivity contribution in [3.8, 4) is 0 Å². The number of ether oxygens (including phenoxy) is 1. The van der Waals surface area contributed by atoms with Crippen molar-refractivity contribution in [1.29, 1.82) is 0 Å². The van der Waals surface area contributed by atoms with Crippen LogP contribution in [-0.4, -0.2) is 45.8 Å². The summed E-state index contributed by atoms with van der Waals surface area (Å²) in [4.78, 5) is 18.8. The van der Waals surface area contributed by atoms with E-state index in [2.05, 4.69) is 50.3 Å². The van der Waals surface area contributed by atoms with Gasteiger partial charge in [-0.25, -0.2) is 0 Å². The molecule has 7 heteroatoms. The highest BCUT2D eigenvalue weighted by Gasteiger charge is 2.17. The quantitative estimate of drug-likeness (QED) is 0.710. The van der Waals surface area contributed by atoms with Crippen LogP contribution in [0.15, 0.2) is 42.5 Å². The van der Waals surface area contributed by atoms with Crippen molar-refractivity contribution in [1.82, 2.24) is 25.0 Å². The molecule has 0 aliphatic carbocycles. The molecule has 28 heavy (non-hydrogen) atoms. The molecule has 7 nitrogen and oxygen atoms in total. The first kappa shape index (κ1) is 18.6. The van der Waals surface area contributed by atoms with E-state index < -0.39 is 0 Å². The van der Waals surface area contributed by atoms with Crippen LogP contribution in [-0.2, 0) is 35.7 Å². The Morgan fingerprint density at radius 2 is 2.07 bits per heavy atom. The van der Waals surface area contributed by atoms with Crippen molar-refractivity contribution in [2.24, 2.45) is 0 Å². The molecule has 1 amide bonds. The van der Waals surface area contributed by atoms with Crippen LogP contribution in [0.2, 0.25) is 0 Å². The summed E-state index contributed by atoms with van der Waals surface area (Å²) >= 11 is 0. The minimum Gasteiger partial charge on any atom is -0.375 e. The normalized spacial score (nSPS) is 14.6. The SMILES string of the molecule is COCC(=O)NCc1cc2n(n1)CCCN(Cc1ccc3ccccc3n1)C2. The first-order valence-electron chi connectivity index (χ1n) is 9.59. The standard InChI is InChI=1S/C21H25N5O2/c1-28-15-21(27)22-12-18-11-19-14-25(9-4-10-26(19)24-18)13-17-8-7-16-5-2-3-6-20(16)23-17/h2-3,5-8,11H,4,9-10,12-15H2,1H3,(H,22,27). The van der Waals surface area contributed by atoms with Crippen molar-refractivity contribution < 1.29 is 9.53 Å². The number of nitrogens with zero attached hydrogens (tertiary/aromatic N) is 4. The second kappa shape index (κ2) is 8.50. The van der Waals surface area contributed by atoms with Crippen LogP contribution in [0.3, 0.4) is 0 Å². The number of hydrogen-bond acceptors (Lipinski definition) is 5. The average molecular weight is 379 g/mol. The number of aryl methyl sites for hydroxylation is 1. The molecule has 1 aliphatic heterocycles. The van der Waals surface area contributed by atoms with Gasteiger partial charge in [-0.1, -0.05) is 24.3 Å². The summed E-state index contributed by atoms with van der Waals surface area (Å²) in [7, 11) is 1.51. The topological polar surface area (TPSA) is 72.3 Å². The van der Waals surface area contributed by atoms with Crippen molar-refractivity contribution in [3.05, 3.63) is 59.5 Å². The Morgan fingerprint density at radius 3 is 2.96 bits per heavy atom. The third-order valence-electron chi connectivity index (χ3n) is 4.93. The summed E-state index contributed by atoms with van der Waals surface area (Å²) in [6.45, 7) is 4.04. The van der Waals surface area contributed by atoms with E-state index in [0.29, 0.717) is 6.54 Å². The molecule has 0 spiro atoms. The molecule has 0 atom stereocenters. The summed E-state index contributed by atoms with van der Waals surface area (Å²) in [6, 6.07) is 14.5. The zero-order valence-electron chi connectivity index (χ0n) is 16.1. The molecule has 1 N–H and O–H groups in total. The lowest BCUT2D eigenvalue weighted by Crippen LogP contribution is -2.26. The lowest BCUT2D eigenvalue weighted by atomic mass is 10.2. The smallest absolute Gasteiger partial charge is 0.246 e. The van der Waals surface area contributed by atoms with E-state index in [0.717, 1.165) is 49.5 Å². The highest BCUT2D eigenvalue weighted by Crippen LogP contribution is 2.18. The first-order valence-corrected chi connectivity index (χ1v) is 9.59. The zero-order valence-corrected chi connectivity index (χ0v) is 16.1. The molecule has 146 valence electrons. The second-order valence-electron chi connectivity index (χ2n) is 7.12. The van der Waals surface area contributed by atoms with Gasteiger partial charge in [-0.3, -0.25) is 19.4 Å². The molecule has 3 aromatic rings. The van der Waals surface area contributed by atoms with Crippen LogP contribution in [0.25, 0.3) is 10.9 Å². The van der Waals surface area contributed by atoms with Crippen LogP contribution in [0.5, 0.6) is 0 Å². The number of pyridine rings is 1. The molecule has 0 radical (unpaired) electrons. The number of benzene rings is 1. The number of amides is 1. The summed E-state index contributed by atoms with van der Waals surface area (Å²) in [5, 5.41) is 8.64. The minimum atomic E-state index is -0.130. The molecule has 0 unspecified atom stereocenters. The summed E-state index contributed by atoms with van der Waals surface area (Å²) < 4.78 is 6.90. The van der Waals surface area contributed by atoms with Gasteiger partial charge in [0.25, 0.3) is 0 Å². The summed E-state index contributed by atoms with van der Waals surface area (Å²) in [6.07, 6.45) is 1.04. The van der Waals surface area contributed by atoms with Crippen LogP contribution < -0.4 is 5.32 Å². The molecule has 2 aromatic heterocycles. The number of fused-ring (bicyclic) bond motifs is 2. The first-order chi connectivity index (χ1) is 13.7. The predicted molar refractivity (Wildman–Crippen MR) is 106 cm³/mol. The third-order valence-corrected chi connectivity index (χ3v) is 4.93. The van der Waals surface area contributed by atoms with E-state index in [1.54, 1.807) is 0 Å². The fourth-order valence-electron chi connectivity index (χ4n) is 3.61. The van der Waals surface area contributed by atoms with E-state index in [9.17, 15) is 4.79 Å². The van der Waals surface area contributed by atoms with E-state index in [-0.39, 0.29) is 12.5 Å². The largest absolute Gasteiger partial charge is 0.375 e. The maximum Gasteiger partial charge on any atom is 0.246 e. The molecule has 0 fully saturated rings. The fourth-order valence-corrected chi connectivity index (χ4v) is 3.61. The van der Waals surface area contributed by atoms with Crippen molar-refractivity contribution in [2.45, 2.75) is 32.6 Å². The highest BCUT2D eigenvalue weighted by molar-refractivity contribution is 5.78. The Kier molecular flexibility index (Phi) is 5.64. The fraction of sp³-hybridized carbons (Fsp3) is 0.381. The Bertz CT molecular complexity index is 968. The zero-order chi connectivity index (χ0) is 19.3. The van der Waals surface area contributed by atoms with Gasteiger partial charge in [0.2, 0.25) is 5.91 Å². The number of aromatic nitrogens is 3. The number of nitrogens with one attached hydrogen (secondary N) is 1. The van der Waals surface area contributed by atoms with Gasteiger partial charge in [0.15, 0.2) is 0 Å². The van der Waals surface area contributed by atoms with Gasteiger partial charge in [0.05, 0.1) is 29.1 Å². The Hall–Kier alpha value is -2.77. The van der Waals surface area contributed by atoms with Gasteiger partial charge in [0, 0.05) is 38.7 Å². The molecular weight excluding hydrogens is 354 g/mol. The number of methoxy groups -OCH3 is 1. The van der Waals surface area contributed by atoms with Crippen molar-refractivity contribution in [3.63, 3.8) is 0 Å². The lowest BCUT2D eigenvalue weighted by molar-refractivity contribution is -0.124. The van der Waals surface area contributed by atoms with E-state index >= 15 is 0 Å². The van der Waals surface area contributed by atoms with Gasteiger partial charge in [0.1, 0.15) is 6.61 Å². The van der Waals surface area contributed by atoms with Crippen LogP contribution in [0.4, 0.5) is 0 Å². The molecular formula is C21H25N5O2. The van der Waals surface area contributed by atoms with Gasteiger partial charge < -0.3 is 10.1 Å².